The average molecular weight is 632 g/mol. The van der Waals surface area contributed by atoms with Gasteiger partial charge in [0, 0.05) is 36.4 Å². The Kier molecular flexibility index (Phi) is 9.98. The molecule has 2 aromatic carbocycles. The molecule has 1 fully saturated rings. The molecule has 4 aromatic rings. The van der Waals surface area contributed by atoms with Crippen LogP contribution in [-0.2, 0) is 17.4 Å². The number of H-pyrrole nitrogens is 1. The molecule has 3 heterocycles. The molecule has 5 rings (SSSR count). The normalized spacial score (nSPS) is 14.4. The molecule has 0 radical (unpaired) electrons. The minimum absolute atomic E-state index is 0.249. The lowest BCUT2D eigenvalue weighted by Crippen LogP contribution is -2.35. The van der Waals surface area contributed by atoms with Gasteiger partial charge in [-0.25, -0.2) is 14.4 Å². The molecule has 1 saturated heterocycles. The minimum atomic E-state index is -4.68. The zero-order valence-electron chi connectivity index (χ0n) is 24.5. The fraction of sp³-hybridized carbons (Fsp3) is 0.400. The number of carbonyl (C=O) groups excluding carboxylic acids is 1. The summed E-state index contributed by atoms with van der Waals surface area (Å²) in [6.07, 6.45) is -0.765. The number of piperidine rings is 1. The van der Waals surface area contributed by atoms with E-state index in [1.54, 1.807) is 12.1 Å². The number of methoxy groups -OCH3 is 1. The quantitative estimate of drug-likeness (QED) is 0.127. The number of ether oxygens (including phenoxy) is 2. The first kappa shape index (κ1) is 31.9. The Hall–Kier alpha value is -4.50. The zero-order chi connectivity index (χ0) is 32.0. The zero-order valence-corrected chi connectivity index (χ0v) is 24.5. The second kappa shape index (κ2) is 14.1. The molecular formula is C30H33F4N7O4. The van der Waals surface area contributed by atoms with Gasteiger partial charge in [0.25, 0.3) is 0 Å². The van der Waals surface area contributed by atoms with E-state index in [1.807, 2.05) is 0 Å². The van der Waals surface area contributed by atoms with Crippen LogP contribution in [0.3, 0.4) is 0 Å². The number of carbonyl (C=O) groups is 1. The van der Waals surface area contributed by atoms with Crippen molar-refractivity contribution in [3.05, 3.63) is 59.8 Å². The van der Waals surface area contributed by atoms with E-state index in [9.17, 15) is 27.5 Å². The maximum atomic E-state index is 14.0. The molecule has 0 spiro atoms. The third-order valence-corrected chi connectivity index (χ3v) is 7.56. The van der Waals surface area contributed by atoms with Gasteiger partial charge in [-0.3, -0.25) is 9.89 Å². The van der Waals surface area contributed by atoms with Gasteiger partial charge in [-0.2, -0.15) is 18.3 Å². The van der Waals surface area contributed by atoms with Gasteiger partial charge in [0.15, 0.2) is 17.3 Å². The van der Waals surface area contributed by atoms with Gasteiger partial charge in [-0.05, 0) is 62.5 Å². The maximum absolute atomic E-state index is 14.0. The number of rotatable bonds is 12. The predicted molar refractivity (Wildman–Crippen MR) is 158 cm³/mol. The molecule has 2 aromatic heterocycles. The van der Waals surface area contributed by atoms with Crippen molar-refractivity contribution in [2.45, 2.75) is 31.9 Å². The highest BCUT2D eigenvalue weighted by Gasteiger charge is 2.31. The monoisotopic (exact) mass is 631 g/mol. The number of hydrogen-bond donors (Lipinski definition) is 4. The fourth-order valence-electron chi connectivity index (χ4n) is 5.10. The van der Waals surface area contributed by atoms with E-state index in [4.69, 9.17) is 9.47 Å². The highest BCUT2D eigenvalue weighted by Crippen LogP contribution is 2.35. The van der Waals surface area contributed by atoms with Crippen LogP contribution in [0.1, 0.15) is 30.5 Å². The first-order chi connectivity index (χ1) is 21.6. The number of aliphatic hydroxyl groups excluding tert-OH is 1. The number of alkyl halides is 3. The van der Waals surface area contributed by atoms with E-state index in [-0.39, 0.29) is 13.0 Å². The number of likely N-dealkylation sites (tertiary alicyclic amines) is 1. The average Bonchev–Trinajstić information content (AvgIpc) is 3.46. The molecule has 15 heteroatoms. The van der Waals surface area contributed by atoms with Crippen molar-refractivity contribution in [1.82, 2.24) is 25.1 Å². The summed E-state index contributed by atoms with van der Waals surface area (Å²) in [7, 11) is 1.53. The van der Waals surface area contributed by atoms with Crippen LogP contribution in [0.4, 0.5) is 34.9 Å². The summed E-state index contributed by atoms with van der Waals surface area (Å²) in [5, 5.41) is 22.0. The van der Waals surface area contributed by atoms with Crippen LogP contribution in [0, 0.1) is 11.7 Å². The molecule has 0 atom stereocenters. The Morgan fingerprint density at radius 3 is 2.67 bits per heavy atom. The number of aliphatic hydroxyl groups is 1. The van der Waals surface area contributed by atoms with Gasteiger partial charge < -0.3 is 30.1 Å². The molecule has 4 N–H and O–H groups in total. The van der Waals surface area contributed by atoms with Crippen molar-refractivity contribution in [3.63, 3.8) is 0 Å². The van der Waals surface area contributed by atoms with Crippen LogP contribution >= 0.6 is 0 Å². The van der Waals surface area contributed by atoms with Crippen molar-refractivity contribution in [2.24, 2.45) is 5.92 Å². The van der Waals surface area contributed by atoms with Gasteiger partial charge in [0.1, 0.15) is 18.0 Å². The van der Waals surface area contributed by atoms with Gasteiger partial charge in [-0.15, -0.1) is 0 Å². The number of aromatic nitrogens is 4. The number of anilines is 3. The van der Waals surface area contributed by atoms with Crippen LogP contribution < -0.4 is 20.1 Å². The standard InChI is InChI=1S/C30H33F4N7O4/c1-44-25-14-21-23(15-26(25)45-10-2-7-41-8-5-18(16-42)6-9-41)35-17-36-29(21)38-27-12-20(39-40-27)13-28(43)37-24-11-19(30(32,33)34)3-4-22(24)31/h3-4,11-12,14-15,17-18,42H,2,5-10,13,16H2,1H3,(H,37,43)(H2,35,36,38,39,40). The van der Waals surface area contributed by atoms with E-state index >= 15 is 0 Å². The Balaban J connectivity index is 1.20. The molecule has 0 aliphatic carbocycles. The number of hydrogen-bond acceptors (Lipinski definition) is 9. The number of nitrogens with zero attached hydrogens (tertiary/aromatic N) is 4. The van der Waals surface area contributed by atoms with Crippen molar-refractivity contribution >= 4 is 34.1 Å². The Morgan fingerprint density at radius 2 is 1.93 bits per heavy atom. The molecule has 0 bridgehead atoms. The van der Waals surface area contributed by atoms with E-state index in [2.05, 4.69) is 35.7 Å². The van der Waals surface area contributed by atoms with E-state index in [1.165, 1.54) is 19.5 Å². The molecule has 11 nitrogen and oxygen atoms in total. The van der Waals surface area contributed by atoms with Crippen molar-refractivity contribution in [3.8, 4) is 11.5 Å². The summed E-state index contributed by atoms with van der Waals surface area (Å²) in [6.45, 7) is 3.59. The summed E-state index contributed by atoms with van der Waals surface area (Å²) >= 11 is 0. The molecule has 45 heavy (non-hydrogen) atoms. The van der Waals surface area contributed by atoms with Crippen LogP contribution in [0.15, 0.2) is 42.7 Å². The van der Waals surface area contributed by atoms with Gasteiger partial charge in [-0.1, -0.05) is 0 Å². The lowest BCUT2D eigenvalue weighted by molar-refractivity contribution is -0.137. The second-order valence-corrected chi connectivity index (χ2v) is 10.7. The first-order valence-electron chi connectivity index (χ1n) is 14.4. The number of aromatic amines is 1. The van der Waals surface area contributed by atoms with Crippen molar-refractivity contribution in [1.29, 1.82) is 0 Å². The molecular weight excluding hydrogens is 598 g/mol. The van der Waals surface area contributed by atoms with E-state index < -0.39 is 29.2 Å². The van der Waals surface area contributed by atoms with Crippen molar-refractivity contribution in [2.75, 3.05) is 50.6 Å². The van der Waals surface area contributed by atoms with Crippen LogP contribution in [0.25, 0.3) is 10.9 Å². The van der Waals surface area contributed by atoms with Gasteiger partial charge >= 0.3 is 6.18 Å². The predicted octanol–water partition coefficient (Wildman–Crippen LogP) is 4.92. The van der Waals surface area contributed by atoms with Crippen LogP contribution in [0.2, 0.25) is 0 Å². The first-order valence-corrected chi connectivity index (χ1v) is 14.4. The third-order valence-electron chi connectivity index (χ3n) is 7.56. The smallest absolute Gasteiger partial charge is 0.416 e. The molecule has 1 amide bonds. The fourth-order valence-corrected chi connectivity index (χ4v) is 5.10. The molecule has 0 saturated carbocycles. The summed E-state index contributed by atoms with van der Waals surface area (Å²) in [4.78, 5) is 23.5. The van der Waals surface area contributed by atoms with E-state index in [0.717, 1.165) is 38.9 Å². The summed E-state index contributed by atoms with van der Waals surface area (Å²) in [5.41, 5.74) is -0.735. The third kappa shape index (κ3) is 8.16. The van der Waals surface area contributed by atoms with Crippen molar-refractivity contribution < 1.29 is 36.9 Å². The van der Waals surface area contributed by atoms with Gasteiger partial charge in [0.2, 0.25) is 5.91 Å². The lowest BCUT2D eigenvalue weighted by Gasteiger charge is -2.30. The number of nitrogens with one attached hydrogen (secondary N) is 3. The van der Waals surface area contributed by atoms with Crippen LogP contribution in [-0.4, -0.2) is 76.0 Å². The molecule has 240 valence electrons. The summed E-state index contributed by atoms with van der Waals surface area (Å²) < 4.78 is 64.6. The minimum Gasteiger partial charge on any atom is -0.493 e. The number of fused-ring (bicyclic) bond motifs is 1. The largest absolute Gasteiger partial charge is 0.493 e. The van der Waals surface area contributed by atoms with E-state index in [0.29, 0.717) is 70.5 Å². The summed E-state index contributed by atoms with van der Waals surface area (Å²) in [6, 6.07) is 6.83. The van der Waals surface area contributed by atoms with Crippen LogP contribution in [0.5, 0.6) is 11.5 Å². The maximum Gasteiger partial charge on any atom is 0.416 e. The number of benzene rings is 2. The lowest BCUT2D eigenvalue weighted by atomic mass is 9.98. The highest BCUT2D eigenvalue weighted by molar-refractivity contribution is 5.93. The van der Waals surface area contributed by atoms with Gasteiger partial charge in [0.05, 0.1) is 36.9 Å². The SMILES string of the molecule is COc1cc2c(Nc3cc(CC(=O)Nc4cc(C(F)(F)F)ccc4F)[nH]n3)ncnc2cc1OCCCN1CCC(CO)CC1. The summed E-state index contributed by atoms with van der Waals surface area (Å²) in [5.74, 6) is 0.423. The molecule has 1 aliphatic heterocycles. The number of amides is 1. The molecule has 1 aliphatic rings. The Bertz CT molecular complexity index is 1620. The second-order valence-electron chi connectivity index (χ2n) is 10.7. The Morgan fingerprint density at radius 1 is 1.13 bits per heavy atom. The molecule has 0 unspecified atom stereocenters. The topological polar surface area (TPSA) is 138 Å². The highest BCUT2D eigenvalue weighted by atomic mass is 19.4. The number of halogens is 4. The Labute approximate surface area is 256 Å².